The van der Waals surface area contributed by atoms with Gasteiger partial charge in [-0.05, 0) is 6.07 Å². The van der Waals surface area contributed by atoms with Gasteiger partial charge in [-0.3, -0.25) is 9.59 Å². The molecule has 0 aliphatic carbocycles. The molecule has 5 heteroatoms. The summed E-state index contributed by atoms with van der Waals surface area (Å²) >= 11 is 5.59. The van der Waals surface area contributed by atoms with Crippen molar-refractivity contribution in [2.24, 2.45) is 5.73 Å². The zero-order valence-electron chi connectivity index (χ0n) is 6.16. The molecular weight excluding hydrogens is 180 g/mol. The van der Waals surface area contributed by atoms with Crippen molar-refractivity contribution in [2.75, 3.05) is 0 Å². The van der Waals surface area contributed by atoms with Crippen molar-refractivity contribution in [3.63, 3.8) is 0 Å². The Labute approximate surface area is 73.6 Å². The molecular formula is C7H7ClN2O2. The molecule has 64 valence electrons. The summed E-state index contributed by atoms with van der Waals surface area (Å²) in [5.74, 6) is -0.570. The van der Waals surface area contributed by atoms with Crippen LogP contribution in [0.25, 0.3) is 0 Å². The highest BCUT2D eigenvalue weighted by Gasteiger charge is 1.99. The van der Waals surface area contributed by atoms with Crippen LogP contribution in [0.1, 0.15) is 0 Å². The molecule has 1 amide bonds. The Morgan fingerprint density at radius 2 is 2.25 bits per heavy atom. The van der Waals surface area contributed by atoms with Crippen LogP contribution in [0.4, 0.5) is 0 Å². The monoisotopic (exact) mass is 186 g/mol. The maximum Gasteiger partial charge on any atom is 0.251 e. The number of nitrogens with two attached hydrogens (primary N) is 1. The number of nitrogens with zero attached hydrogens (tertiary/aromatic N) is 1. The average Bonchev–Trinajstić information content (AvgIpc) is 1.96. The molecule has 0 radical (unpaired) electrons. The lowest BCUT2D eigenvalue weighted by Gasteiger charge is -2.00. The molecule has 0 aliphatic rings. The number of aromatic nitrogens is 1. The van der Waals surface area contributed by atoms with Crippen LogP contribution in [0.15, 0.2) is 23.1 Å². The van der Waals surface area contributed by atoms with E-state index in [4.69, 9.17) is 17.3 Å². The van der Waals surface area contributed by atoms with Gasteiger partial charge in [0.2, 0.25) is 5.91 Å². The summed E-state index contributed by atoms with van der Waals surface area (Å²) in [6, 6.07) is 2.74. The number of amides is 1. The van der Waals surface area contributed by atoms with Crippen molar-refractivity contribution < 1.29 is 4.79 Å². The van der Waals surface area contributed by atoms with Crippen molar-refractivity contribution in [3.05, 3.63) is 33.7 Å². The minimum absolute atomic E-state index is 0.139. The smallest absolute Gasteiger partial charge is 0.251 e. The highest BCUT2D eigenvalue weighted by atomic mass is 35.5. The molecule has 2 N–H and O–H groups in total. The van der Waals surface area contributed by atoms with Gasteiger partial charge in [0.05, 0.1) is 5.02 Å². The van der Waals surface area contributed by atoms with Gasteiger partial charge in [0.15, 0.2) is 0 Å². The quantitative estimate of drug-likeness (QED) is 0.706. The molecule has 4 nitrogen and oxygen atoms in total. The first kappa shape index (κ1) is 8.80. The van der Waals surface area contributed by atoms with Gasteiger partial charge >= 0.3 is 0 Å². The lowest BCUT2D eigenvalue weighted by Crippen LogP contribution is -2.26. The van der Waals surface area contributed by atoms with Crippen LogP contribution in [0.5, 0.6) is 0 Å². The highest BCUT2D eigenvalue weighted by Crippen LogP contribution is 2.02. The van der Waals surface area contributed by atoms with E-state index in [0.29, 0.717) is 5.02 Å². The molecule has 0 spiro atoms. The number of hydrogen-bond acceptors (Lipinski definition) is 2. The molecule has 1 aromatic heterocycles. The van der Waals surface area contributed by atoms with Crippen LogP contribution in [0.3, 0.4) is 0 Å². The summed E-state index contributed by atoms with van der Waals surface area (Å²) in [6.45, 7) is -0.139. The zero-order valence-corrected chi connectivity index (χ0v) is 6.91. The number of primary amides is 1. The van der Waals surface area contributed by atoms with E-state index >= 15 is 0 Å². The maximum atomic E-state index is 11.0. The second kappa shape index (κ2) is 3.40. The minimum Gasteiger partial charge on any atom is -0.368 e. The van der Waals surface area contributed by atoms with Gasteiger partial charge in [0.1, 0.15) is 6.54 Å². The number of halogens is 1. The summed E-state index contributed by atoms with van der Waals surface area (Å²) in [7, 11) is 0. The van der Waals surface area contributed by atoms with E-state index in [0.717, 1.165) is 4.57 Å². The van der Waals surface area contributed by atoms with Crippen LogP contribution in [-0.2, 0) is 11.3 Å². The molecule has 0 saturated carbocycles. The third-order valence-corrected chi connectivity index (χ3v) is 1.50. The fraction of sp³-hybridized carbons (Fsp3) is 0.143. The maximum absolute atomic E-state index is 11.0. The number of carbonyl (C=O) groups is 1. The van der Waals surface area contributed by atoms with Gasteiger partial charge in [0.25, 0.3) is 5.56 Å². The second-order valence-electron chi connectivity index (χ2n) is 2.28. The Hall–Kier alpha value is -1.29. The van der Waals surface area contributed by atoms with Gasteiger partial charge in [-0.15, -0.1) is 0 Å². The molecule has 1 heterocycles. The van der Waals surface area contributed by atoms with Gasteiger partial charge < -0.3 is 10.3 Å². The Bertz CT molecular complexity index is 359. The predicted molar refractivity (Wildman–Crippen MR) is 44.9 cm³/mol. The lowest BCUT2D eigenvalue weighted by atomic mass is 10.4. The summed E-state index contributed by atoms with van der Waals surface area (Å²) in [4.78, 5) is 21.5. The molecule has 0 atom stereocenters. The summed E-state index contributed by atoms with van der Waals surface area (Å²) in [5.41, 5.74) is 4.61. The molecule has 12 heavy (non-hydrogen) atoms. The molecule has 1 aromatic rings. The van der Waals surface area contributed by atoms with Crippen LogP contribution in [0.2, 0.25) is 5.02 Å². The van der Waals surface area contributed by atoms with Crippen LogP contribution in [0, 0.1) is 0 Å². The first-order valence-electron chi connectivity index (χ1n) is 3.24. The first-order valence-corrected chi connectivity index (χ1v) is 3.61. The third-order valence-electron chi connectivity index (χ3n) is 1.27. The number of carbonyl (C=O) groups excluding carboxylic acids is 1. The van der Waals surface area contributed by atoms with Gasteiger partial charge in [-0.25, -0.2) is 0 Å². The van der Waals surface area contributed by atoms with Crippen molar-refractivity contribution in [2.45, 2.75) is 6.54 Å². The SMILES string of the molecule is NC(=O)Cn1cc(Cl)ccc1=O. The minimum atomic E-state index is -0.570. The van der Waals surface area contributed by atoms with Gasteiger partial charge in [-0.1, -0.05) is 11.6 Å². The van der Waals surface area contributed by atoms with Crippen LogP contribution >= 0.6 is 11.6 Å². The first-order chi connectivity index (χ1) is 5.59. The summed E-state index contributed by atoms with van der Waals surface area (Å²) < 4.78 is 1.16. The zero-order chi connectivity index (χ0) is 9.14. The largest absolute Gasteiger partial charge is 0.368 e. The van der Waals surface area contributed by atoms with E-state index in [9.17, 15) is 9.59 Å². The Kier molecular flexibility index (Phi) is 2.50. The fourth-order valence-electron chi connectivity index (χ4n) is 0.794. The van der Waals surface area contributed by atoms with Gasteiger partial charge in [-0.2, -0.15) is 0 Å². The molecule has 0 aliphatic heterocycles. The number of rotatable bonds is 2. The van der Waals surface area contributed by atoms with Crippen LogP contribution < -0.4 is 11.3 Å². The molecule has 1 rings (SSSR count). The Balaban J connectivity index is 3.06. The molecule has 0 fully saturated rings. The molecule has 0 aromatic carbocycles. The number of hydrogen-bond donors (Lipinski definition) is 1. The van der Waals surface area contributed by atoms with E-state index < -0.39 is 5.91 Å². The average molecular weight is 187 g/mol. The Morgan fingerprint density at radius 1 is 1.58 bits per heavy atom. The fourth-order valence-corrected chi connectivity index (χ4v) is 0.974. The standard InChI is InChI=1S/C7H7ClN2O2/c8-5-1-2-7(12)10(3-5)4-6(9)11/h1-3H,4H2,(H2,9,11). The van der Waals surface area contributed by atoms with Crippen molar-refractivity contribution in [3.8, 4) is 0 Å². The summed E-state index contributed by atoms with van der Waals surface area (Å²) in [5, 5.41) is 0.399. The van der Waals surface area contributed by atoms with Crippen molar-refractivity contribution in [1.82, 2.24) is 4.57 Å². The van der Waals surface area contributed by atoms with Crippen molar-refractivity contribution >= 4 is 17.5 Å². The highest BCUT2D eigenvalue weighted by molar-refractivity contribution is 6.30. The van der Waals surface area contributed by atoms with E-state index in [2.05, 4.69) is 0 Å². The normalized spacial score (nSPS) is 9.75. The van der Waals surface area contributed by atoms with E-state index in [-0.39, 0.29) is 12.1 Å². The van der Waals surface area contributed by atoms with Crippen LogP contribution in [-0.4, -0.2) is 10.5 Å². The Morgan fingerprint density at radius 3 is 2.83 bits per heavy atom. The predicted octanol–water partition coefficient (Wildman–Crippen LogP) is -0.0130. The topological polar surface area (TPSA) is 65.1 Å². The van der Waals surface area contributed by atoms with Gasteiger partial charge in [0, 0.05) is 12.3 Å². The third kappa shape index (κ3) is 2.10. The molecule has 0 saturated heterocycles. The second-order valence-corrected chi connectivity index (χ2v) is 2.72. The summed E-state index contributed by atoms with van der Waals surface area (Å²) in [6.07, 6.45) is 1.37. The van der Waals surface area contributed by atoms with E-state index in [1.807, 2.05) is 0 Å². The molecule has 0 bridgehead atoms. The molecule has 0 unspecified atom stereocenters. The number of pyridine rings is 1. The van der Waals surface area contributed by atoms with E-state index in [1.54, 1.807) is 0 Å². The van der Waals surface area contributed by atoms with Crippen molar-refractivity contribution in [1.29, 1.82) is 0 Å². The lowest BCUT2D eigenvalue weighted by molar-refractivity contribution is -0.118. The van der Waals surface area contributed by atoms with E-state index in [1.165, 1.54) is 18.3 Å².